The highest BCUT2D eigenvalue weighted by Gasteiger charge is 2.49. The fraction of sp³-hybridized carbons (Fsp3) is 0.176. The molecule has 1 fully saturated rings. The monoisotopic (exact) mass is 334 g/mol. The van der Waals surface area contributed by atoms with Crippen LogP contribution in [-0.2, 0) is 16.5 Å². The number of rotatable bonds is 2. The third-order valence-electron chi connectivity index (χ3n) is 3.98. The van der Waals surface area contributed by atoms with Crippen LogP contribution in [0.3, 0.4) is 0 Å². The van der Waals surface area contributed by atoms with Gasteiger partial charge in [-0.25, -0.2) is 4.79 Å². The van der Waals surface area contributed by atoms with E-state index in [1.54, 1.807) is 24.3 Å². The molecule has 1 unspecified atom stereocenters. The maximum atomic E-state index is 13.0. The highest BCUT2D eigenvalue weighted by atomic mass is 19.4. The number of hydrogen-bond donors (Lipinski definition) is 2. The molecule has 124 valence electrons. The maximum absolute atomic E-state index is 13.0. The Balaban J connectivity index is 2.22. The molecule has 1 aliphatic heterocycles. The van der Waals surface area contributed by atoms with E-state index in [1.807, 2.05) is 6.92 Å². The number of hydrogen-bond acceptors (Lipinski definition) is 2. The molecule has 3 rings (SSSR count). The van der Waals surface area contributed by atoms with Gasteiger partial charge in [0.1, 0.15) is 0 Å². The Morgan fingerprint density at radius 2 is 1.62 bits per heavy atom. The van der Waals surface area contributed by atoms with Gasteiger partial charge in [-0.1, -0.05) is 42.0 Å². The van der Waals surface area contributed by atoms with Crippen LogP contribution in [0.4, 0.5) is 18.0 Å². The number of nitrogens with one attached hydrogen (secondary N) is 2. The first-order valence-corrected chi connectivity index (χ1v) is 7.12. The lowest BCUT2D eigenvalue weighted by Crippen LogP contribution is -2.45. The van der Waals surface area contributed by atoms with Crippen LogP contribution in [0, 0.1) is 6.92 Å². The zero-order chi connectivity index (χ0) is 17.5. The van der Waals surface area contributed by atoms with Crippen molar-refractivity contribution < 1.29 is 22.8 Å². The number of carbonyl (C=O) groups is 2. The molecule has 1 aliphatic rings. The summed E-state index contributed by atoms with van der Waals surface area (Å²) in [6, 6.07) is 10.3. The third kappa shape index (κ3) is 2.51. The smallest absolute Gasteiger partial charge is 0.316 e. The molecule has 0 aromatic heterocycles. The van der Waals surface area contributed by atoms with E-state index in [0.717, 1.165) is 17.7 Å². The summed E-state index contributed by atoms with van der Waals surface area (Å²) < 4.78 is 39.1. The number of aryl methyl sites for hydroxylation is 1. The van der Waals surface area contributed by atoms with Crippen molar-refractivity contribution in [2.75, 3.05) is 0 Å². The van der Waals surface area contributed by atoms with Crippen LogP contribution in [0.25, 0.3) is 0 Å². The van der Waals surface area contributed by atoms with Gasteiger partial charge in [-0.15, -0.1) is 0 Å². The predicted molar refractivity (Wildman–Crippen MR) is 80.1 cm³/mol. The van der Waals surface area contributed by atoms with E-state index in [-0.39, 0.29) is 5.56 Å². The van der Waals surface area contributed by atoms with Crippen molar-refractivity contribution in [3.63, 3.8) is 0 Å². The molecule has 1 heterocycles. The van der Waals surface area contributed by atoms with Gasteiger partial charge in [0.05, 0.1) is 5.56 Å². The summed E-state index contributed by atoms with van der Waals surface area (Å²) in [7, 11) is 0. The average molecular weight is 334 g/mol. The van der Waals surface area contributed by atoms with E-state index < -0.39 is 29.2 Å². The molecule has 0 saturated carbocycles. The van der Waals surface area contributed by atoms with Crippen molar-refractivity contribution in [3.05, 3.63) is 70.8 Å². The fourth-order valence-electron chi connectivity index (χ4n) is 2.76. The molecule has 4 nitrogen and oxygen atoms in total. The molecule has 0 bridgehead atoms. The number of alkyl halides is 3. The number of benzene rings is 2. The Kier molecular flexibility index (Phi) is 3.59. The minimum atomic E-state index is -4.55. The van der Waals surface area contributed by atoms with E-state index in [4.69, 9.17) is 0 Å². The summed E-state index contributed by atoms with van der Waals surface area (Å²) in [5.74, 6) is -0.712. The van der Waals surface area contributed by atoms with Crippen LogP contribution in [0.15, 0.2) is 48.5 Å². The molecule has 1 saturated heterocycles. The van der Waals surface area contributed by atoms with Crippen molar-refractivity contribution in [1.29, 1.82) is 0 Å². The van der Waals surface area contributed by atoms with Gasteiger partial charge < -0.3 is 5.32 Å². The fourth-order valence-corrected chi connectivity index (χ4v) is 2.76. The molecule has 24 heavy (non-hydrogen) atoms. The maximum Gasteiger partial charge on any atom is 0.416 e. The lowest BCUT2D eigenvalue weighted by Gasteiger charge is -2.28. The number of carbonyl (C=O) groups excluding carboxylic acids is 2. The largest absolute Gasteiger partial charge is 0.416 e. The molecule has 2 aromatic carbocycles. The van der Waals surface area contributed by atoms with Crippen molar-refractivity contribution in [3.8, 4) is 0 Å². The number of halogens is 3. The van der Waals surface area contributed by atoms with E-state index in [0.29, 0.717) is 5.56 Å². The Morgan fingerprint density at radius 3 is 2.17 bits per heavy atom. The second kappa shape index (κ2) is 5.36. The Hall–Kier alpha value is -2.83. The van der Waals surface area contributed by atoms with Gasteiger partial charge in [-0.3, -0.25) is 10.1 Å². The van der Waals surface area contributed by atoms with Crippen molar-refractivity contribution in [2.45, 2.75) is 18.6 Å². The SMILES string of the molecule is Cc1ccc(C2(c3cccc(C(F)(F)F)c3)NC(=O)NC2=O)cc1. The zero-order valence-electron chi connectivity index (χ0n) is 12.6. The van der Waals surface area contributed by atoms with Gasteiger partial charge in [-0.2, -0.15) is 13.2 Å². The number of amides is 3. The molecule has 2 aromatic rings. The van der Waals surface area contributed by atoms with Crippen LogP contribution in [0.5, 0.6) is 0 Å². The van der Waals surface area contributed by atoms with Gasteiger partial charge in [0, 0.05) is 0 Å². The molecule has 3 amide bonds. The summed E-state index contributed by atoms with van der Waals surface area (Å²) in [6.45, 7) is 1.84. The molecule has 2 N–H and O–H groups in total. The van der Waals surface area contributed by atoms with Crippen LogP contribution in [-0.4, -0.2) is 11.9 Å². The Morgan fingerprint density at radius 1 is 0.958 bits per heavy atom. The van der Waals surface area contributed by atoms with Gasteiger partial charge >= 0.3 is 12.2 Å². The topological polar surface area (TPSA) is 58.2 Å². The normalized spacial score (nSPS) is 20.7. The second-order valence-corrected chi connectivity index (χ2v) is 5.60. The number of imide groups is 1. The molecule has 0 radical (unpaired) electrons. The third-order valence-corrected chi connectivity index (χ3v) is 3.98. The van der Waals surface area contributed by atoms with Crippen molar-refractivity contribution >= 4 is 11.9 Å². The molecule has 0 spiro atoms. The first-order valence-electron chi connectivity index (χ1n) is 7.12. The van der Waals surface area contributed by atoms with Crippen LogP contribution in [0.2, 0.25) is 0 Å². The second-order valence-electron chi connectivity index (χ2n) is 5.60. The zero-order valence-corrected chi connectivity index (χ0v) is 12.6. The first-order chi connectivity index (χ1) is 11.2. The predicted octanol–water partition coefficient (Wildman–Crippen LogP) is 3.10. The van der Waals surface area contributed by atoms with E-state index in [1.165, 1.54) is 12.1 Å². The van der Waals surface area contributed by atoms with E-state index in [9.17, 15) is 22.8 Å². The molecule has 1 atom stereocenters. The average Bonchev–Trinajstić information content (AvgIpc) is 2.83. The molecular weight excluding hydrogens is 321 g/mol. The van der Waals surface area contributed by atoms with Crippen molar-refractivity contribution in [2.24, 2.45) is 0 Å². The van der Waals surface area contributed by atoms with Gasteiger partial charge in [0.2, 0.25) is 0 Å². The Labute approximate surface area is 135 Å². The molecule has 7 heteroatoms. The van der Waals surface area contributed by atoms with Crippen molar-refractivity contribution in [1.82, 2.24) is 10.6 Å². The van der Waals surface area contributed by atoms with E-state index >= 15 is 0 Å². The first kappa shape index (κ1) is 16.0. The Bertz CT molecular complexity index is 815. The van der Waals surface area contributed by atoms with Gasteiger partial charge in [0.15, 0.2) is 5.54 Å². The lowest BCUT2D eigenvalue weighted by atomic mass is 9.82. The summed E-state index contributed by atoms with van der Waals surface area (Å²) >= 11 is 0. The summed E-state index contributed by atoms with van der Waals surface area (Å²) in [4.78, 5) is 24.2. The van der Waals surface area contributed by atoms with E-state index in [2.05, 4.69) is 10.6 Å². The standard InChI is InChI=1S/C17H13F3N2O2/c1-10-5-7-11(8-6-10)16(14(23)21-15(24)22-16)12-3-2-4-13(9-12)17(18,19)20/h2-9H,1H3,(H2,21,22,23,24). The molecular formula is C17H13F3N2O2. The molecule has 0 aliphatic carbocycles. The highest BCUT2D eigenvalue weighted by Crippen LogP contribution is 2.36. The summed E-state index contributed by atoms with van der Waals surface area (Å²) in [6.07, 6.45) is -4.55. The van der Waals surface area contributed by atoms with Crippen LogP contribution >= 0.6 is 0 Å². The summed E-state index contributed by atoms with van der Waals surface area (Å²) in [5.41, 5.74) is -1.23. The lowest BCUT2D eigenvalue weighted by molar-refractivity contribution is -0.137. The van der Waals surface area contributed by atoms with Gasteiger partial charge in [-0.05, 0) is 30.2 Å². The van der Waals surface area contributed by atoms with Crippen LogP contribution < -0.4 is 10.6 Å². The van der Waals surface area contributed by atoms with Gasteiger partial charge in [0.25, 0.3) is 5.91 Å². The minimum absolute atomic E-state index is 0.0459. The van der Waals surface area contributed by atoms with Crippen LogP contribution in [0.1, 0.15) is 22.3 Å². The number of urea groups is 1. The minimum Gasteiger partial charge on any atom is -0.316 e. The summed E-state index contributed by atoms with van der Waals surface area (Å²) in [5, 5.41) is 4.59. The quantitative estimate of drug-likeness (QED) is 0.829. The highest BCUT2D eigenvalue weighted by molar-refractivity contribution is 6.09.